The van der Waals surface area contributed by atoms with Gasteiger partial charge in [-0.05, 0) is 10.4 Å². The molecule has 0 amide bonds. The first kappa shape index (κ1) is 22.4. The highest BCUT2D eigenvalue weighted by molar-refractivity contribution is 7.69. The van der Waals surface area contributed by atoms with Gasteiger partial charge in [0.05, 0.1) is 0 Å². The van der Waals surface area contributed by atoms with Crippen LogP contribution < -0.4 is 5.73 Å². The van der Waals surface area contributed by atoms with E-state index in [1.54, 1.807) is 0 Å². The van der Waals surface area contributed by atoms with Crippen LogP contribution in [-0.2, 0) is 31.2 Å². The Hall–Kier alpha value is -0.570. The third-order valence-electron chi connectivity index (χ3n) is 0.987. The average Bonchev–Trinajstić information content (AvgIpc) is 2.58. The van der Waals surface area contributed by atoms with E-state index in [1.165, 1.54) is 0 Å². The molecule has 136 valence electrons. The molecule has 0 aromatic carbocycles. The van der Waals surface area contributed by atoms with Crippen LogP contribution in [0.15, 0.2) is 0 Å². The zero-order chi connectivity index (χ0) is 18.5. The maximum absolute atomic E-state index is 10.7. The van der Waals surface area contributed by atoms with Crippen molar-refractivity contribution < 1.29 is 60.6 Å². The normalized spacial score (nSPS) is 17.5. The molecule has 0 fully saturated rings. The number of nitrogens with two attached hydrogens (primary N) is 1. The molecular weight excluding hydrogens is 414 g/mol. The Morgan fingerprint density at radius 2 is 1.22 bits per heavy atom. The monoisotopic (exact) mass is 423 g/mol. The SMILES string of the molecule is Nc1nnn[nH]1.O=P(O)(O)OP(=O)(O)OP(=O)(O)OP(=O)(O)O. The number of hydrogen-bond donors (Lipinski definition) is 8. The minimum absolute atomic E-state index is 0.245. The summed E-state index contributed by atoms with van der Waals surface area (Å²) in [5, 5.41) is 11.9. The molecule has 0 aliphatic rings. The van der Waals surface area contributed by atoms with Gasteiger partial charge in [-0.15, -0.1) is 0 Å². The predicted octanol–water partition coefficient (Wildman–Crippen LogP) is -1.80. The summed E-state index contributed by atoms with van der Waals surface area (Å²) in [6.07, 6.45) is 0. The lowest BCUT2D eigenvalue weighted by molar-refractivity contribution is 0.194. The van der Waals surface area contributed by atoms with Crippen molar-refractivity contribution in [3.05, 3.63) is 0 Å². The molecule has 0 saturated carbocycles. The molecule has 22 heteroatoms. The molecule has 1 aromatic rings. The Balaban J connectivity index is 0.000000664. The van der Waals surface area contributed by atoms with Gasteiger partial charge in [0.1, 0.15) is 0 Å². The molecule has 0 radical (unpaired) electrons. The van der Waals surface area contributed by atoms with Crippen LogP contribution in [0.5, 0.6) is 0 Å². The lowest BCUT2D eigenvalue weighted by Gasteiger charge is -2.15. The van der Waals surface area contributed by atoms with Gasteiger partial charge in [-0.25, -0.2) is 23.4 Å². The fourth-order valence-corrected chi connectivity index (χ4v) is 4.56. The number of aromatic nitrogens is 4. The van der Waals surface area contributed by atoms with Crippen molar-refractivity contribution in [3.63, 3.8) is 0 Å². The largest absolute Gasteiger partial charge is 0.490 e. The van der Waals surface area contributed by atoms with E-state index in [4.69, 9.17) is 35.1 Å². The van der Waals surface area contributed by atoms with Crippen molar-refractivity contribution in [2.75, 3.05) is 5.73 Å². The van der Waals surface area contributed by atoms with Crippen molar-refractivity contribution >= 4 is 37.2 Å². The zero-order valence-electron chi connectivity index (χ0n) is 10.2. The van der Waals surface area contributed by atoms with Gasteiger partial charge in [-0.1, -0.05) is 5.10 Å². The van der Waals surface area contributed by atoms with Crippen LogP contribution in [0.2, 0.25) is 0 Å². The van der Waals surface area contributed by atoms with Crippen molar-refractivity contribution in [1.82, 2.24) is 20.6 Å². The van der Waals surface area contributed by atoms with E-state index >= 15 is 0 Å². The van der Waals surface area contributed by atoms with Gasteiger partial charge in [0.2, 0.25) is 5.95 Å². The Labute approximate surface area is 125 Å². The van der Waals surface area contributed by atoms with Crippen LogP contribution >= 0.6 is 31.3 Å². The van der Waals surface area contributed by atoms with E-state index < -0.39 is 31.3 Å². The number of tetrazole rings is 1. The highest BCUT2D eigenvalue weighted by atomic mass is 31.3. The lowest BCUT2D eigenvalue weighted by atomic mass is 11.2. The Kier molecular flexibility index (Phi) is 7.81. The summed E-state index contributed by atoms with van der Waals surface area (Å²) in [5.74, 6) is 0.245. The molecule has 1 aromatic heterocycles. The number of nitrogen functional groups attached to an aromatic ring is 1. The van der Waals surface area contributed by atoms with Crippen LogP contribution in [0.25, 0.3) is 0 Å². The summed E-state index contributed by atoms with van der Waals surface area (Å²) < 4.78 is 50.9. The number of phosphoric acid groups is 4. The minimum Gasteiger partial charge on any atom is -0.367 e. The number of anilines is 1. The fourth-order valence-electron chi connectivity index (χ4n) is 0.596. The first-order chi connectivity index (χ1) is 10.0. The van der Waals surface area contributed by atoms with E-state index in [2.05, 4.69) is 33.6 Å². The lowest BCUT2D eigenvalue weighted by Crippen LogP contribution is -1.95. The zero-order valence-corrected chi connectivity index (χ0v) is 13.8. The highest BCUT2D eigenvalue weighted by Crippen LogP contribution is 2.69. The van der Waals surface area contributed by atoms with Gasteiger partial charge in [0, 0.05) is 0 Å². The highest BCUT2D eigenvalue weighted by Gasteiger charge is 2.43. The van der Waals surface area contributed by atoms with E-state index in [1.807, 2.05) is 0 Å². The van der Waals surface area contributed by atoms with Gasteiger partial charge in [0.15, 0.2) is 0 Å². The quantitative estimate of drug-likeness (QED) is 0.234. The number of hydrogen-bond acceptors (Lipinski definition) is 11. The molecule has 0 saturated heterocycles. The summed E-state index contributed by atoms with van der Waals surface area (Å²) in [6, 6.07) is 0. The maximum atomic E-state index is 10.7. The molecule has 2 atom stereocenters. The third-order valence-corrected chi connectivity index (χ3v) is 5.99. The summed E-state index contributed by atoms with van der Waals surface area (Å²) in [6.45, 7) is 0. The van der Waals surface area contributed by atoms with E-state index in [0.29, 0.717) is 0 Å². The molecule has 23 heavy (non-hydrogen) atoms. The molecule has 0 bridgehead atoms. The summed E-state index contributed by atoms with van der Waals surface area (Å²) >= 11 is 0. The molecule has 9 N–H and O–H groups in total. The first-order valence-electron chi connectivity index (χ1n) is 4.41. The number of nitrogens with one attached hydrogen (secondary N) is 1. The van der Waals surface area contributed by atoms with Gasteiger partial charge in [-0.3, -0.25) is 0 Å². The van der Waals surface area contributed by atoms with Crippen molar-refractivity contribution in [2.24, 2.45) is 0 Å². The second kappa shape index (κ2) is 8.00. The summed E-state index contributed by atoms with van der Waals surface area (Å²) in [7, 11) is -22.6. The standard InChI is InChI=1S/CH3N5.H6O13P4/c2-1-3-5-6-4-1;1-14(2,3)11-16(7,8)13-17(9,10)12-15(4,5)6/h(H3,2,3,4,5,6);(H,7,8)(H,9,10)(H2,1,2,3)(H2,4,5,6). The van der Waals surface area contributed by atoms with Crippen molar-refractivity contribution in [1.29, 1.82) is 0 Å². The molecule has 0 aliphatic carbocycles. The molecule has 0 spiro atoms. The van der Waals surface area contributed by atoms with E-state index in [0.717, 1.165) is 0 Å². The van der Waals surface area contributed by atoms with Crippen LogP contribution in [0, 0.1) is 0 Å². The van der Waals surface area contributed by atoms with E-state index in [9.17, 15) is 18.3 Å². The summed E-state index contributed by atoms with van der Waals surface area (Å²) in [5.41, 5.74) is 4.99. The smallest absolute Gasteiger partial charge is 0.367 e. The molecule has 18 nitrogen and oxygen atoms in total. The number of nitrogens with zero attached hydrogens (tertiary/aromatic N) is 3. The third kappa shape index (κ3) is 13.6. The predicted molar refractivity (Wildman–Crippen MR) is 65.6 cm³/mol. The second-order valence-corrected chi connectivity index (χ2v) is 8.75. The molecular formula is CH9N5O13P4. The van der Waals surface area contributed by atoms with Gasteiger partial charge in [0.25, 0.3) is 0 Å². The van der Waals surface area contributed by atoms with Crippen LogP contribution in [0.4, 0.5) is 5.95 Å². The molecule has 2 unspecified atom stereocenters. The number of aromatic amines is 1. The Bertz CT molecular complexity index is 629. The van der Waals surface area contributed by atoms with Gasteiger partial charge >= 0.3 is 31.3 Å². The van der Waals surface area contributed by atoms with Gasteiger partial charge in [-0.2, -0.15) is 12.9 Å². The molecule has 0 aliphatic heterocycles. The second-order valence-electron chi connectivity index (χ2n) is 2.95. The fraction of sp³-hybridized carbons (Fsp3) is 0. The van der Waals surface area contributed by atoms with Crippen molar-refractivity contribution in [2.45, 2.75) is 0 Å². The average molecular weight is 423 g/mol. The van der Waals surface area contributed by atoms with Crippen molar-refractivity contribution in [3.8, 4) is 0 Å². The number of rotatable bonds is 6. The van der Waals surface area contributed by atoms with Crippen LogP contribution in [0.1, 0.15) is 0 Å². The Morgan fingerprint density at radius 1 is 0.826 bits per heavy atom. The van der Waals surface area contributed by atoms with Gasteiger partial charge < -0.3 is 35.1 Å². The van der Waals surface area contributed by atoms with E-state index in [-0.39, 0.29) is 5.95 Å². The minimum atomic E-state index is -5.77. The Morgan fingerprint density at radius 3 is 1.39 bits per heavy atom. The van der Waals surface area contributed by atoms with Crippen LogP contribution in [-0.4, -0.2) is 50.0 Å². The topological polar surface area (TPSA) is 298 Å². The molecule has 1 rings (SSSR count). The molecule has 1 heterocycles. The first-order valence-corrected chi connectivity index (χ1v) is 10.5. The summed E-state index contributed by atoms with van der Waals surface area (Å²) in [4.78, 5) is 49.4. The van der Waals surface area contributed by atoms with Crippen LogP contribution in [0.3, 0.4) is 0 Å². The number of H-pyrrole nitrogens is 1. The maximum Gasteiger partial charge on any atom is 0.490 e.